The van der Waals surface area contributed by atoms with E-state index >= 15 is 0 Å². The molecule has 0 fully saturated rings. The van der Waals surface area contributed by atoms with Gasteiger partial charge in [0.15, 0.2) is 0 Å². The Labute approximate surface area is 103 Å². The third-order valence-corrected chi connectivity index (χ3v) is 3.63. The lowest BCUT2D eigenvalue weighted by Gasteiger charge is -2.12. The fourth-order valence-corrected chi connectivity index (χ4v) is 2.78. The summed E-state index contributed by atoms with van der Waals surface area (Å²) in [5.41, 5.74) is 0. The van der Waals surface area contributed by atoms with Gasteiger partial charge in [-0.15, -0.1) is 11.3 Å². The van der Waals surface area contributed by atoms with E-state index in [1.54, 1.807) is 11.3 Å². The molecule has 0 aromatic carbocycles. The van der Waals surface area contributed by atoms with Gasteiger partial charge in [0.05, 0.1) is 0 Å². The molecule has 0 unspecified atom stereocenters. The van der Waals surface area contributed by atoms with Crippen molar-refractivity contribution < 1.29 is 0 Å². The van der Waals surface area contributed by atoms with Crippen molar-refractivity contribution in [3.8, 4) is 0 Å². The molecule has 0 radical (unpaired) electrons. The second kappa shape index (κ2) is 6.67. The number of hydrogen-bond donors (Lipinski definition) is 1. The van der Waals surface area contributed by atoms with E-state index in [1.807, 2.05) is 0 Å². The fraction of sp³-hybridized carbons (Fsp3) is 0.400. The van der Waals surface area contributed by atoms with E-state index in [1.165, 1.54) is 9.35 Å². The second-order valence-corrected chi connectivity index (χ2v) is 5.36. The number of rotatable bonds is 5. The summed E-state index contributed by atoms with van der Waals surface area (Å²) < 4.78 is 1.18. The van der Waals surface area contributed by atoms with Crippen LogP contribution in [-0.4, -0.2) is 24.2 Å². The van der Waals surface area contributed by atoms with Crippen molar-refractivity contribution in [2.45, 2.75) is 6.54 Å². The molecule has 1 heterocycles. The molecule has 4 heteroatoms. The molecule has 0 amide bonds. The number of thiophene rings is 1. The van der Waals surface area contributed by atoms with Crippen LogP contribution < -0.4 is 0 Å². The Balaban J connectivity index is 2.33. The minimum atomic E-state index is 0.818. The molecular weight excluding hydrogens is 278 g/mol. The van der Waals surface area contributed by atoms with E-state index in [2.05, 4.69) is 64.1 Å². The molecule has 0 saturated heterocycles. The van der Waals surface area contributed by atoms with Crippen molar-refractivity contribution in [3.05, 3.63) is 32.9 Å². The highest BCUT2D eigenvalue weighted by molar-refractivity contribution is 9.10. The molecule has 78 valence electrons. The van der Waals surface area contributed by atoms with Crippen LogP contribution >= 0.6 is 39.9 Å². The van der Waals surface area contributed by atoms with E-state index < -0.39 is 0 Å². The van der Waals surface area contributed by atoms with Crippen molar-refractivity contribution in [1.29, 1.82) is 0 Å². The number of hydrogen-bond acceptors (Lipinski definition) is 3. The van der Waals surface area contributed by atoms with Crippen LogP contribution in [-0.2, 0) is 6.54 Å². The maximum Gasteiger partial charge on any atom is 0.0328 e. The van der Waals surface area contributed by atoms with Crippen LogP contribution in [0.5, 0.6) is 0 Å². The Hall–Kier alpha value is 0.230. The molecule has 0 bridgehead atoms. The summed E-state index contributed by atoms with van der Waals surface area (Å²) in [6.07, 6.45) is 4.22. The molecule has 0 aliphatic carbocycles. The minimum Gasteiger partial charge on any atom is -0.298 e. The van der Waals surface area contributed by atoms with Gasteiger partial charge >= 0.3 is 0 Å². The van der Waals surface area contributed by atoms with Crippen LogP contribution in [0, 0.1) is 0 Å². The van der Waals surface area contributed by atoms with Gasteiger partial charge in [-0.1, -0.05) is 12.2 Å². The third-order valence-electron chi connectivity index (χ3n) is 1.74. The summed E-state index contributed by atoms with van der Waals surface area (Å²) in [7, 11) is 2.12. The highest BCUT2D eigenvalue weighted by Crippen LogP contribution is 2.20. The van der Waals surface area contributed by atoms with Crippen LogP contribution in [0.15, 0.2) is 28.1 Å². The summed E-state index contributed by atoms with van der Waals surface area (Å²) in [6.45, 7) is 1.99. The van der Waals surface area contributed by atoms with Gasteiger partial charge in [-0.05, 0) is 29.0 Å². The van der Waals surface area contributed by atoms with Gasteiger partial charge < -0.3 is 0 Å². The van der Waals surface area contributed by atoms with Gasteiger partial charge in [-0.2, -0.15) is 12.6 Å². The first-order valence-corrected chi connectivity index (χ1v) is 6.70. The first kappa shape index (κ1) is 12.3. The van der Waals surface area contributed by atoms with Crippen molar-refractivity contribution in [2.75, 3.05) is 19.3 Å². The molecule has 1 rings (SSSR count). The lowest BCUT2D eigenvalue weighted by molar-refractivity contribution is 0.366. The number of halogens is 1. The van der Waals surface area contributed by atoms with Crippen LogP contribution in [0.3, 0.4) is 0 Å². The normalized spacial score (nSPS) is 11.7. The Morgan fingerprint density at radius 3 is 2.93 bits per heavy atom. The lowest BCUT2D eigenvalue weighted by Crippen LogP contribution is -2.16. The van der Waals surface area contributed by atoms with Gasteiger partial charge in [0.1, 0.15) is 0 Å². The maximum atomic E-state index is 4.12. The Morgan fingerprint density at radius 1 is 1.57 bits per heavy atom. The monoisotopic (exact) mass is 291 g/mol. The standard InChI is InChI=1S/C10H14BrNS2/c1-12(4-2-3-5-13)7-10-6-9(11)8-14-10/h2-3,6,8,13H,4-5,7H2,1H3. The molecule has 0 spiro atoms. The predicted molar refractivity (Wildman–Crippen MR) is 71.3 cm³/mol. The average Bonchev–Trinajstić information content (AvgIpc) is 2.52. The Bertz CT molecular complexity index is 296. The smallest absolute Gasteiger partial charge is 0.0328 e. The molecular formula is C10H14BrNS2. The van der Waals surface area contributed by atoms with Gasteiger partial charge in [0.2, 0.25) is 0 Å². The molecule has 1 aromatic rings. The topological polar surface area (TPSA) is 3.24 Å². The minimum absolute atomic E-state index is 0.818. The van der Waals surface area contributed by atoms with Crippen molar-refractivity contribution in [2.24, 2.45) is 0 Å². The molecule has 1 aromatic heterocycles. The summed E-state index contributed by atoms with van der Waals surface area (Å²) in [5.74, 6) is 0.818. The largest absolute Gasteiger partial charge is 0.298 e. The lowest BCUT2D eigenvalue weighted by atomic mass is 10.4. The molecule has 0 aliphatic rings. The first-order valence-electron chi connectivity index (χ1n) is 4.39. The van der Waals surface area contributed by atoms with E-state index in [0.717, 1.165) is 18.8 Å². The van der Waals surface area contributed by atoms with Crippen molar-refractivity contribution in [1.82, 2.24) is 4.90 Å². The number of likely N-dealkylation sites (N-methyl/N-ethyl adjacent to an activating group) is 1. The van der Waals surface area contributed by atoms with Gasteiger partial charge in [0.25, 0.3) is 0 Å². The van der Waals surface area contributed by atoms with Gasteiger partial charge in [-0.3, -0.25) is 4.90 Å². The second-order valence-electron chi connectivity index (χ2n) is 3.08. The SMILES string of the molecule is CN(CC=CCS)Cc1cc(Br)cs1. The predicted octanol–water partition coefficient (Wildman–Crippen LogP) is 3.43. The molecule has 0 N–H and O–H groups in total. The van der Waals surface area contributed by atoms with E-state index in [-0.39, 0.29) is 0 Å². The first-order chi connectivity index (χ1) is 6.72. The number of thiol groups is 1. The van der Waals surface area contributed by atoms with E-state index in [0.29, 0.717) is 0 Å². The van der Waals surface area contributed by atoms with E-state index in [9.17, 15) is 0 Å². The number of nitrogens with zero attached hydrogens (tertiary/aromatic N) is 1. The Kier molecular flexibility index (Phi) is 5.86. The highest BCUT2D eigenvalue weighted by Gasteiger charge is 2.00. The van der Waals surface area contributed by atoms with Crippen molar-refractivity contribution in [3.63, 3.8) is 0 Å². The quantitative estimate of drug-likeness (QED) is 0.643. The van der Waals surface area contributed by atoms with Crippen LogP contribution in [0.1, 0.15) is 4.88 Å². The fourth-order valence-electron chi connectivity index (χ4n) is 1.10. The summed E-state index contributed by atoms with van der Waals surface area (Å²) in [5, 5.41) is 2.12. The maximum absolute atomic E-state index is 4.12. The molecule has 1 nitrogen and oxygen atoms in total. The molecule has 14 heavy (non-hydrogen) atoms. The summed E-state index contributed by atoms with van der Waals surface area (Å²) >= 11 is 9.36. The zero-order chi connectivity index (χ0) is 10.4. The highest BCUT2D eigenvalue weighted by atomic mass is 79.9. The zero-order valence-corrected chi connectivity index (χ0v) is 11.4. The van der Waals surface area contributed by atoms with Crippen LogP contribution in [0.4, 0.5) is 0 Å². The third kappa shape index (κ3) is 4.64. The van der Waals surface area contributed by atoms with Crippen molar-refractivity contribution >= 4 is 39.9 Å². The van der Waals surface area contributed by atoms with Crippen LogP contribution in [0.2, 0.25) is 0 Å². The summed E-state index contributed by atoms with van der Waals surface area (Å²) in [4.78, 5) is 3.66. The summed E-state index contributed by atoms with van der Waals surface area (Å²) in [6, 6.07) is 2.17. The molecule has 0 aliphatic heterocycles. The molecule has 0 atom stereocenters. The molecule has 0 saturated carbocycles. The Morgan fingerprint density at radius 2 is 2.36 bits per heavy atom. The van der Waals surface area contributed by atoms with Gasteiger partial charge in [0, 0.05) is 33.6 Å². The van der Waals surface area contributed by atoms with Gasteiger partial charge in [-0.25, -0.2) is 0 Å². The van der Waals surface area contributed by atoms with E-state index in [4.69, 9.17) is 0 Å². The zero-order valence-electron chi connectivity index (χ0n) is 8.11. The average molecular weight is 292 g/mol. The van der Waals surface area contributed by atoms with Crippen LogP contribution in [0.25, 0.3) is 0 Å².